The quantitative estimate of drug-likeness (QED) is 0.581. The summed E-state index contributed by atoms with van der Waals surface area (Å²) in [4.78, 5) is 39.9. The smallest absolute Gasteiger partial charge is 0.378 e. The third-order valence-corrected chi connectivity index (χ3v) is 3.95. The molecule has 0 saturated heterocycles. The molecule has 3 amide bonds. The zero-order valence-corrected chi connectivity index (χ0v) is 16.4. The molecule has 0 atom stereocenters. The molecule has 0 aliphatic heterocycles. The number of benzene rings is 2. The fourth-order valence-electron chi connectivity index (χ4n) is 2.56. The summed E-state index contributed by atoms with van der Waals surface area (Å²) in [6, 6.07) is 17.9. The van der Waals surface area contributed by atoms with Crippen LogP contribution in [0.25, 0.3) is 17.1 Å². The van der Waals surface area contributed by atoms with Gasteiger partial charge in [-0.2, -0.15) is 0 Å². The number of para-hydroxylation sites is 1. The van der Waals surface area contributed by atoms with Crippen molar-refractivity contribution in [1.29, 1.82) is 0 Å². The van der Waals surface area contributed by atoms with E-state index in [-0.39, 0.29) is 5.82 Å². The largest absolute Gasteiger partial charge is 0.450 e. The number of carbonyl (C=O) groups is 3. The zero-order valence-electron chi connectivity index (χ0n) is 16.4. The molecule has 0 aliphatic carbocycles. The average molecular weight is 407 g/mol. The van der Waals surface area contributed by atoms with Crippen LogP contribution in [0, 0.1) is 0 Å². The molecule has 0 saturated carbocycles. The van der Waals surface area contributed by atoms with Gasteiger partial charge in [-0.05, 0) is 18.6 Å². The number of urea groups is 1. The van der Waals surface area contributed by atoms with Crippen LogP contribution in [0.4, 0.5) is 4.79 Å². The van der Waals surface area contributed by atoms with Gasteiger partial charge in [-0.3, -0.25) is 10.1 Å². The van der Waals surface area contributed by atoms with Crippen LogP contribution in [-0.4, -0.2) is 45.8 Å². The monoisotopic (exact) mass is 407 g/mol. The topological polar surface area (TPSA) is 115 Å². The highest BCUT2D eigenvalue weighted by molar-refractivity contribution is 5.96. The molecule has 9 heteroatoms. The highest BCUT2D eigenvalue weighted by Gasteiger charge is 2.21. The standard InChI is InChI=1S/C21H21N5O4/c1-2-13-22-21(29)23-17(27)14-30-20(28)18-24-19(15-9-5-3-6-10-15)26(25-18)16-11-7-4-8-12-16/h3-12H,2,13-14H2,1H3,(H2,22,23,27,29). The number of nitrogens with zero attached hydrogens (tertiary/aromatic N) is 3. The summed E-state index contributed by atoms with van der Waals surface area (Å²) >= 11 is 0. The zero-order chi connectivity index (χ0) is 21.3. The van der Waals surface area contributed by atoms with Gasteiger partial charge in [0.2, 0.25) is 0 Å². The van der Waals surface area contributed by atoms with Crippen molar-refractivity contribution in [3.8, 4) is 17.1 Å². The van der Waals surface area contributed by atoms with Gasteiger partial charge in [0.1, 0.15) is 0 Å². The van der Waals surface area contributed by atoms with E-state index in [2.05, 4.69) is 20.7 Å². The maximum atomic E-state index is 12.4. The van der Waals surface area contributed by atoms with Crippen molar-refractivity contribution < 1.29 is 19.1 Å². The molecule has 154 valence electrons. The average Bonchev–Trinajstić information content (AvgIpc) is 3.23. The normalized spacial score (nSPS) is 10.3. The van der Waals surface area contributed by atoms with Gasteiger partial charge in [0.05, 0.1) is 5.69 Å². The summed E-state index contributed by atoms with van der Waals surface area (Å²) in [6.45, 7) is 1.69. The first-order valence-electron chi connectivity index (χ1n) is 9.41. The maximum Gasteiger partial charge on any atom is 0.378 e. The predicted octanol–water partition coefficient (Wildman–Crippen LogP) is 2.33. The van der Waals surface area contributed by atoms with E-state index in [0.717, 1.165) is 12.0 Å². The van der Waals surface area contributed by atoms with E-state index in [1.807, 2.05) is 67.6 Å². The minimum atomic E-state index is -0.869. The van der Waals surface area contributed by atoms with E-state index in [0.29, 0.717) is 18.1 Å². The fourth-order valence-corrected chi connectivity index (χ4v) is 2.56. The molecule has 0 aliphatic rings. The Morgan fingerprint density at radius 3 is 2.33 bits per heavy atom. The first kappa shape index (κ1) is 20.7. The summed E-state index contributed by atoms with van der Waals surface area (Å²) in [5, 5.41) is 8.82. The molecule has 0 spiro atoms. The lowest BCUT2D eigenvalue weighted by atomic mass is 10.2. The first-order chi connectivity index (χ1) is 14.6. The van der Waals surface area contributed by atoms with Crippen molar-refractivity contribution >= 4 is 17.9 Å². The summed E-state index contributed by atoms with van der Waals surface area (Å²) < 4.78 is 6.50. The maximum absolute atomic E-state index is 12.4. The second-order valence-electron chi connectivity index (χ2n) is 6.25. The van der Waals surface area contributed by atoms with Gasteiger partial charge in [-0.25, -0.2) is 19.3 Å². The van der Waals surface area contributed by atoms with Crippen LogP contribution in [-0.2, 0) is 9.53 Å². The lowest BCUT2D eigenvalue weighted by Gasteiger charge is -2.05. The summed E-state index contributed by atoms with van der Waals surface area (Å²) in [7, 11) is 0. The fraction of sp³-hybridized carbons (Fsp3) is 0.190. The van der Waals surface area contributed by atoms with Gasteiger partial charge in [-0.1, -0.05) is 55.5 Å². The molecular formula is C21H21N5O4. The van der Waals surface area contributed by atoms with Gasteiger partial charge in [0.25, 0.3) is 11.7 Å². The van der Waals surface area contributed by atoms with Crippen molar-refractivity contribution in [2.75, 3.05) is 13.2 Å². The molecule has 0 unspecified atom stereocenters. The molecule has 2 N–H and O–H groups in total. The second-order valence-corrected chi connectivity index (χ2v) is 6.25. The molecule has 9 nitrogen and oxygen atoms in total. The number of hydrogen-bond donors (Lipinski definition) is 2. The number of hydrogen-bond acceptors (Lipinski definition) is 6. The van der Waals surface area contributed by atoms with Crippen LogP contribution in [0.3, 0.4) is 0 Å². The van der Waals surface area contributed by atoms with E-state index in [4.69, 9.17) is 4.74 Å². The number of esters is 1. The van der Waals surface area contributed by atoms with Crippen molar-refractivity contribution in [3.63, 3.8) is 0 Å². The van der Waals surface area contributed by atoms with E-state index < -0.39 is 24.5 Å². The minimum absolute atomic E-state index is 0.194. The highest BCUT2D eigenvalue weighted by Crippen LogP contribution is 2.21. The number of ether oxygens (including phenoxy) is 1. The van der Waals surface area contributed by atoms with Crippen LogP contribution in [0.5, 0.6) is 0 Å². The molecule has 30 heavy (non-hydrogen) atoms. The number of rotatable bonds is 7. The molecule has 0 bridgehead atoms. The Bertz CT molecular complexity index is 961. The number of nitrogens with one attached hydrogen (secondary N) is 2. The number of imide groups is 1. The van der Waals surface area contributed by atoms with E-state index in [1.54, 1.807) is 0 Å². The van der Waals surface area contributed by atoms with Crippen molar-refractivity contribution in [1.82, 2.24) is 25.4 Å². The Morgan fingerprint density at radius 1 is 1.00 bits per heavy atom. The lowest BCUT2D eigenvalue weighted by Crippen LogP contribution is -2.41. The van der Waals surface area contributed by atoms with Crippen molar-refractivity contribution in [2.24, 2.45) is 0 Å². The molecule has 1 aromatic heterocycles. The van der Waals surface area contributed by atoms with Crippen LogP contribution in [0.2, 0.25) is 0 Å². The first-order valence-corrected chi connectivity index (χ1v) is 9.41. The molecule has 1 heterocycles. The van der Waals surface area contributed by atoms with Gasteiger partial charge >= 0.3 is 12.0 Å². The van der Waals surface area contributed by atoms with Crippen molar-refractivity contribution in [2.45, 2.75) is 13.3 Å². The molecule has 3 rings (SSSR count). The molecular weight excluding hydrogens is 386 g/mol. The Labute approximate surface area is 173 Å². The molecule has 3 aromatic rings. The highest BCUT2D eigenvalue weighted by atomic mass is 16.5. The Morgan fingerprint density at radius 2 is 1.67 bits per heavy atom. The second kappa shape index (κ2) is 9.97. The number of aromatic nitrogens is 3. The minimum Gasteiger partial charge on any atom is -0.450 e. The molecule has 0 fully saturated rings. The van der Waals surface area contributed by atoms with Gasteiger partial charge < -0.3 is 10.1 Å². The van der Waals surface area contributed by atoms with E-state index >= 15 is 0 Å². The van der Waals surface area contributed by atoms with Crippen molar-refractivity contribution in [3.05, 3.63) is 66.5 Å². The lowest BCUT2D eigenvalue weighted by molar-refractivity contribution is -0.123. The van der Waals surface area contributed by atoms with E-state index in [9.17, 15) is 14.4 Å². The van der Waals surface area contributed by atoms with Crippen LogP contribution < -0.4 is 10.6 Å². The number of amides is 3. The number of carbonyl (C=O) groups excluding carboxylic acids is 3. The van der Waals surface area contributed by atoms with Gasteiger partial charge in [-0.15, -0.1) is 5.10 Å². The third kappa shape index (κ3) is 5.28. The third-order valence-electron chi connectivity index (χ3n) is 3.95. The summed E-state index contributed by atoms with van der Waals surface area (Å²) in [5.74, 6) is -1.35. The van der Waals surface area contributed by atoms with Crippen LogP contribution in [0.1, 0.15) is 24.0 Å². The van der Waals surface area contributed by atoms with Crippen LogP contribution in [0.15, 0.2) is 60.7 Å². The molecule has 0 radical (unpaired) electrons. The van der Waals surface area contributed by atoms with E-state index in [1.165, 1.54) is 4.68 Å². The SMILES string of the molecule is CCCNC(=O)NC(=O)COC(=O)c1nc(-c2ccccc2)n(-c2ccccc2)n1. The predicted molar refractivity (Wildman–Crippen MR) is 109 cm³/mol. The Kier molecular flexibility index (Phi) is 6.88. The summed E-state index contributed by atoms with van der Waals surface area (Å²) in [6.07, 6.45) is 0.732. The van der Waals surface area contributed by atoms with Gasteiger partial charge in [0.15, 0.2) is 12.4 Å². The van der Waals surface area contributed by atoms with Gasteiger partial charge in [0, 0.05) is 12.1 Å². The Hall–Kier alpha value is -4.01. The Balaban J connectivity index is 1.74. The summed E-state index contributed by atoms with van der Waals surface area (Å²) in [5.41, 5.74) is 1.48. The molecule has 2 aromatic carbocycles. The van der Waals surface area contributed by atoms with Crippen LogP contribution >= 0.6 is 0 Å².